The van der Waals surface area contributed by atoms with Gasteiger partial charge in [0.2, 0.25) is 15.9 Å². The largest absolute Gasteiger partial charge is 0.380 e. The average Bonchev–Trinajstić information content (AvgIpc) is 2.53. The first-order chi connectivity index (χ1) is 11.4. The molecule has 1 amide bonds. The van der Waals surface area contributed by atoms with E-state index in [0.29, 0.717) is 32.1 Å². The van der Waals surface area contributed by atoms with E-state index in [-0.39, 0.29) is 23.9 Å². The Kier molecular flexibility index (Phi) is 8.91. The molecular formula is C16H26N2O5S. The standard InChI is InChI=1S/C16H26N2O5S/c1-4-22-12-10-18(11-13-23-5-2)24(20,21)16-8-6-15(7-9-16)17-14(3)19/h6-9H,4-5,10-13H2,1-3H3,(H,17,19). The van der Waals surface area contributed by atoms with Crippen LogP contribution in [0.25, 0.3) is 0 Å². The lowest BCUT2D eigenvalue weighted by Gasteiger charge is -2.22. The van der Waals surface area contributed by atoms with Crippen LogP contribution in [0.1, 0.15) is 20.8 Å². The van der Waals surface area contributed by atoms with Gasteiger partial charge in [-0.2, -0.15) is 4.31 Å². The minimum atomic E-state index is -3.65. The number of nitrogens with one attached hydrogen (secondary N) is 1. The van der Waals surface area contributed by atoms with E-state index in [0.717, 1.165) is 0 Å². The highest BCUT2D eigenvalue weighted by atomic mass is 32.2. The lowest BCUT2D eigenvalue weighted by atomic mass is 10.3. The molecule has 0 radical (unpaired) electrons. The summed E-state index contributed by atoms with van der Waals surface area (Å²) in [7, 11) is -3.65. The second-order valence-corrected chi connectivity index (χ2v) is 6.94. The quantitative estimate of drug-likeness (QED) is 0.609. The Morgan fingerprint density at radius 3 is 1.96 bits per heavy atom. The molecule has 0 fully saturated rings. The number of nitrogens with zero attached hydrogens (tertiary/aromatic N) is 1. The number of amides is 1. The van der Waals surface area contributed by atoms with Crippen molar-refractivity contribution in [1.29, 1.82) is 0 Å². The van der Waals surface area contributed by atoms with Crippen molar-refractivity contribution < 1.29 is 22.7 Å². The van der Waals surface area contributed by atoms with Crippen molar-refractivity contribution in [3.63, 3.8) is 0 Å². The van der Waals surface area contributed by atoms with E-state index < -0.39 is 10.0 Å². The molecule has 0 saturated heterocycles. The van der Waals surface area contributed by atoms with E-state index in [2.05, 4.69) is 5.32 Å². The van der Waals surface area contributed by atoms with Crippen LogP contribution in [0.5, 0.6) is 0 Å². The van der Waals surface area contributed by atoms with Crippen molar-refractivity contribution in [2.24, 2.45) is 0 Å². The van der Waals surface area contributed by atoms with Gasteiger partial charge in [0, 0.05) is 38.9 Å². The van der Waals surface area contributed by atoms with E-state index in [1.54, 1.807) is 12.1 Å². The van der Waals surface area contributed by atoms with Gasteiger partial charge in [0.15, 0.2) is 0 Å². The van der Waals surface area contributed by atoms with Gasteiger partial charge < -0.3 is 14.8 Å². The van der Waals surface area contributed by atoms with Gasteiger partial charge in [-0.1, -0.05) is 0 Å². The maximum absolute atomic E-state index is 12.8. The maximum Gasteiger partial charge on any atom is 0.243 e. The van der Waals surface area contributed by atoms with Crippen molar-refractivity contribution in [3.05, 3.63) is 24.3 Å². The van der Waals surface area contributed by atoms with Crippen LogP contribution in [0.4, 0.5) is 5.69 Å². The number of benzene rings is 1. The molecule has 1 aromatic carbocycles. The van der Waals surface area contributed by atoms with Crippen LogP contribution < -0.4 is 5.32 Å². The highest BCUT2D eigenvalue weighted by Gasteiger charge is 2.24. The molecule has 0 saturated carbocycles. The fourth-order valence-corrected chi connectivity index (χ4v) is 3.44. The SMILES string of the molecule is CCOCCN(CCOCC)S(=O)(=O)c1ccc(NC(C)=O)cc1. The third kappa shape index (κ3) is 6.56. The topological polar surface area (TPSA) is 84.9 Å². The van der Waals surface area contributed by atoms with Gasteiger partial charge in [0.25, 0.3) is 0 Å². The molecule has 0 atom stereocenters. The van der Waals surface area contributed by atoms with Crippen molar-refractivity contribution in [2.45, 2.75) is 25.7 Å². The summed E-state index contributed by atoms with van der Waals surface area (Å²) >= 11 is 0. The molecule has 0 unspecified atom stereocenters. The molecule has 0 aliphatic carbocycles. The van der Waals surface area contributed by atoms with Crippen LogP contribution in [-0.2, 0) is 24.3 Å². The highest BCUT2D eigenvalue weighted by molar-refractivity contribution is 7.89. The summed E-state index contributed by atoms with van der Waals surface area (Å²) in [6.45, 7) is 7.36. The molecule has 1 aromatic rings. The molecule has 0 bridgehead atoms. The summed E-state index contributed by atoms with van der Waals surface area (Å²) in [5, 5.41) is 2.61. The van der Waals surface area contributed by atoms with Gasteiger partial charge in [-0.3, -0.25) is 4.79 Å². The zero-order chi connectivity index (χ0) is 18.0. The normalized spacial score (nSPS) is 11.7. The van der Waals surface area contributed by atoms with E-state index >= 15 is 0 Å². The molecule has 0 spiro atoms. The van der Waals surface area contributed by atoms with Crippen molar-refractivity contribution in [1.82, 2.24) is 4.31 Å². The van der Waals surface area contributed by atoms with Gasteiger partial charge in [-0.05, 0) is 38.1 Å². The number of sulfonamides is 1. The molecule has 0 aromatic heterocycles. The molecule has 7 nitrogen and oxygen atoms in total. The second-order valence-electron chi connectivity index (χ2n) is 5.00. The summed E-state index contributed by atoms with van der Waals surface area (Å²) in [5.41, 5.74) is 0.552. The Hall–Kier alpha value is -1.48. The molecule has 8 heteroatoms. The fraction of sp³-hybridized carbons (Fsp3) is 0.562. The number of carbonyl (C=O) groups excluding carboxylic acids is 1. The number of ether oxygens (including phenoxy) is 2. The van der Waals surface area contributed by atoms with Gasteiger partial charge in [0.1, 0.15) is 0 Å². The average molecular weight is 358 g/mol. The van der Waals surface area contributed by atoms with Crippen LogP contribution in [0.2, 0.25) is 0 Å². The minimum absolute atomic E-state index is 0.171. The Bertz CT molecular complexity index is 591. The van der Waals surface area contributed by atoms with E-state index in [4.69, 9.17) is 9.47 Å². The Balaban J connectivity index is 2.89. The van der Waals surface area contributed by atoms with Crippen LogP contribution in [-0.4, -0.2) is 58.1 Å². The number of hydrogen-bond acceptors (Lipinski definition) is 5. The fourth-order valence-electron chi connectivity index (χ4n) is 2.04. The molecule has 0 aliphatic rings. The van der Waals surface area contributed by atoms with E-state index in [9.17, 15) is 13.2 Å². The first kappa shape index (κ1) is 20.6. The summed E-state index contributed by atoms with van der Waals surface area (Å²) in [6, 6.07) is 6.10. The second kappa shape index (κ2) is 10.4. The number of hydrogen-bond donors (Lipinski definition) is 1. The first-order valence-electron chi connectivity index (χ1n) is 7.95. The van der Waals surface area contributed by atoms with Crippen molar-refractivity contribution >= 4 is 21.6 Å². The summed E-state index contributed by atoms with van der Waals surface area (Å²) in [5.74, 6) is -0.208. The van der Waals surface area contributed by atoms with Gasteiger partial charge in [0.05, 0.1) is 18.1 Å². The molecule has 0 aliphatic heterocycles. The number of anilines is 1. The zero-order valence-electron chi connectivity index (χ0n) is 14.4. The van der Waals surface area contributed by atoms with Crippen molar-refractivity contribution in [2.75, 3.05) is 44.8 Å². The molecule has 1 rings (SSSR count). The number of carbonyl (C=O) groups is 1. The predicted octanol–water partition coefficient (Wildman–Crippen LogP) is 1.71. The van der Waals surface area contributed by atoms with Crippen LogP contribution >= 0.6 is 0 Å². The Morgan fingerprint density at radius 1 is 1.04 bits per heavy atom. The summed E-state index contributed by atoms with van der Waals surface area (Å²) < 4.78 is 37.5. The third-order valence-corrected chi connectivity index (χ3v) is 5.10. The molecular weight excluding hydrogens is 332 g/mol. The maximum atomic E-state index is 12.8. The Morgan fingerprint density at radius 2 is 1.54 bits per heavy atom. The van der Waals surface area contributed by atoms with Crippen LogP contribution in [0.3, 0.4) is 0 Å². The van der Waals surface area contributed by atoms with Gasteiger partial charge in [-0.25, -0.2) is 8.42 Å². The zero-order valence-corrected chi connectivity index (χ0v) is 15.3. The summed E-state index contributed by atoms with van der Waals surface area (Å²) in [6.07, 6.45) is 0. The number of rotatable bonds is 11. The van der Waals surface area contributed by atoms with Crippen LogP contribution in [0.15, 0.2) is 29.2 Å². The minimum Gasteiger partial charge on any atom is -0.380 e. The molecule has 136 valence electrons. The van der Waals surface area contributed by atoms with Gasteiger partial charge in [-0.15, -0.1) is 0 Å². The predicted molar refractivity (Wildman–Crippen MR) is 92.5 cm³/mol. The molecule has 1 N–H and O–H groups in total. The lowest BCUT2D eigenvalue weighted by Crippen LogP contribution is -2.36. The van der Waals surface area contributed by atoms with Crippen molar-refractivity contribution in [3.8, 4) is 0 Å². The lowest BCUT2D eigenvalue weighted by molar-refractivity contribution is -0.114. The van der Waals surface area contributed by atoms with Gasteiger partial charge >= 0.3 is 0 Å². The first-order valence-corrected chi connectivity index (χ1v) is 9.39. The van der Waals surface area contributed by atoms with Crippen LogP contribution in [0, 0.1) is 0 Å². The molecule has 0 heterocycles. The van der Waals surface area contributed by atoms with E-state index in [1.807, 2.05) is 13.8 Å². The smallest absolute Gasteiger partial charge is 0.243 e. The molecule has 24 heavy (non-hydrogen) atoms. The summed E-state index contributed by atoms with van der Waals surface area (Å²) in [4.78, 5) is 11.2. The van der Waals surface area contributed by atoms with E-state index in [1.165, 1.54) is 23.4 Å². The highest BCUT2D eigenvalue weighted by Crippen LogP contribution is 2.18. The Labute approximate surface area is 144 Å². The monoisotopic (exact) mass is 358 g/mol. The third-order valence-electron chi connectivity index (χ3n) is 3.19.